The smallest absolute Gasteiger partial charge is 0.295 e. The van der Waals surface area contributed by atoms with Gasteiger partial charge in [-0.2, -0.15) is 0 Å². The molecule has 2 aromatic carbocycles. The van der Waals surface area contributed by atoms with Crippen LogP contribution in [0.15, 0.2) is 60.9 Å². The summed E-state index contributed by atoms with van der Waals surface area (Å²) in [6.07, 6.45) is 3.60. The Morgan fingerprint density at radius 1 is 0.897 bits per heavy atom. The number of nitrogens with zero attached hydrogens (tertiary/aromatic N) is 2. The van der Waals surface area contributed by atoms with Crippen molar-refractivity contribution in [3.63, 3.8) is 0 Å². The van der Waals surface area contributed by atoms with Gasteiger partial charge in [-0.1, -0.05) is 36.4 Å². The van der Waals surface area contributed by atoms with Crippen LogP contribution in [0, 0.1) is 0 Å². The number of likely N-dealkylation sites (N-methyl/N-ethyl adjacent to an activating group) is 1. The molecule has 29 heavy (non-hydrogen) atoms. The number of benzene rings is 2. The summed E-state index contributed by atoms with van der Waals surface area (Å²) in [4.78, 5) is 36.8. The first kappa shape index (κ1) is 17.7. The highest BCUT2D eigenvalue weighted by molar-refractivity contribution is 6.45. The molecule has 1 aliphatic rings. The third-order valence-corrected chi connectivity index (χ3v) is 5.85. The van der Waals surface area contributed by atoms with E-state index in [0.29, 0.717) is 18.7 Å². The van der Waals surface area contributed by atoms with Crippen LogP contribution >= 0.6 is 0 Å². The van der Waals surface area contributed by atoms with E-state index < -0.39 is 11.7 Å². The summed E-state index contributed by atoms with van der Waals surface area (Å²) in [6.45, 7) is 1.95. The van der Waals surface area contributed by atoms with Crippen molar-refractivity contribution in [2.75, 3.05) is 26.7 Å². The molecule has 0 saturated carbocycles. The Labute approximate surface area is 168 Å². The lowest BCUT2D eigenvalue weighted by atomic mass is 10.00. The van der Waals surface area contributed by atoms with E-state index in [1.807, 2.05) is 55.7 Å². The zero-order valence-electron chi connectivity index (χ0n) is 16.2. The van der Waals surface area contributed by atoms with Gasteiger partial charge in [-0.05, 0) is 19.2 Å². The third-order valence-electron chi connectivity index (χ3n) is 5.85. The van der Waals surface area contributed by atoms with Gasteiger partial charge in [0.2, 0.25) is 0 Å². The van der Waals surface area contributed by atoms with E-state index in [0.717, 1.165) is 33.9 Å². The minimum atomic E-state index is -0.461. The molecule has 1 saturated heterocycles. The molecule has 6 heteroatoms. The number of para-hydroxylation sites is 2. The first-order valence-corrected chi connectivity index (χ1v) is 9.79. The Balaban J connectivity index is 1.52. The van der Waals surface area contributed by atoms with Crippen LogP contribution in [0.1, 0.15) is 22.0 Å². The van der Waals surface area contributed by atoms with Crippen LogP contribution in [0.4, 0.5) is 0 Å². The average molecular weight is 386 g/mol. The van der Waals surface area contributed by atoms with Gasteiger partial charge in [-0.25, -0.2) is 0 Å². The Morgan fingerprint density at radius 2 is 1.55 bits per heavy atom. The molecule has 1 fully saturated rings. The molecule has 1 unspecified atom stereocenters. The number of ketones is 1. The Bertz CT molecular complexity index is 1220. The van der Waals surface area contributed by atoms with Gasteiger partial charge in [0.15, 0.2) is 0 Å². The SMILES string of the molecule is CN1CCN(C(=O)C(=O)c2c[nH]c3ccccc23)C(c2c[nH]c3ccccc23)C1. The van der Waals surface area contributed by atoms with Crippen molar-refractivity contribution in [1.29, 1.82) is 0 Å². The number of Topliss-reactive ketones (excluding diaryl/α,β-unsaturated/α-hetero) is 1. The van der Waals surface area contributed by atoms with Gasteiger partial charge in [-0.15, -0.1) is 0 Å². The fraction of sp³-hybridized carbons (Fsp3) is 0.217. The molecule has 0 bridgehead atoms. The number of amides is 1. The fourth-order valence-corrected chi connectivity index (χ4v) is 4.30. The lowest BCUT2D eigenvalue weighted by Gasteiger charge is -2.39. The van der Waals surface area contributed by atoms with E-state index in [1.54, 1.807) is 11.1 Å². The molecule has 2 N–H and O–H groups in total. The number of hydrogen-bond acceptors (Lipinski definition) is 3. The molecule has 4 aromatic rings. The van der Waals surface area contributed by atoms with Gasteiger partial charge in [-0.3, -0.25) is 9.59 Å². The monoisotopic (exact) mass is 386 g/mol. The summed E-state index contributed by atoms with van der Waals surface area (Å²) >= 11 is 0. The molecule has 0 aliphatic carbocycles. The molecular formula is C23H22N4O2. The number of carbonyl (C=O) groups excluding carboxylic acids is 2. The average Bonchev–Trinajstić information content (AvgIpc) is 3.37. The quantitative estimate of drug-likeness (QED) is 0.419. The van der Waals surface area contributed by atoms with Gasteiger partial charge >= 0.3 is 0 Å². The second kappa shape index (κ2) is 6.90. The van der Waals surface area contributed by atoms with Crippen LogP contribution < -0.4 is 0 Å². The minimum absolute atomic E-state index is 0.174. The van der Waals surface area contributed by atoms with Crippen molar-refractivity contribution < 1.29 is 9.59 Å². The number of aromatic nitrogens is 2. The zero-order valence-corrected chi connectivity index (χ0v) is 16.2. The molecule has 2 aromatic heterocycles. The number of rotatable bonds is 3. The normalized spacial score (nSPS) is 17.8. The molecule has 6 nitrogen and oxygen atoms in total. The minimum Gasteiger partial charge on any atom is -0.361 e. The Hall–Kier alpha value is -3.38. The molecule has 1 amide bonds. The van der Waals surface area contributed by atoms with Crippen LogP contribution in [-0.4, -0.2) is 58.1 Å². The zero-order chi connectivity index (χ0) is 20.0. The highest BCUT2D eigenvalue weighted by Crippen LogP contribution is 2.31. The highest BCUT2D eigenvalue weighted by Gasteiger charge is 2.35. The second-order valence-corrected chi connectivity index (χ2v) is 7.64. The number of hydrogen-bond donors (Lipinski definition) is 2. The summed E-state index contributed by atoms with van der Waals surface area (Å²) in [7, 11) is 2.05. The Kier molecular flexibility index (Phi) is 4.21. The Morgan fingerprint density at radius 3 is 2.34 bits per heavy atom. The molecule has 3 heterocycles. The number of fused-ring (bicyclic) bond motifs is 2. The number of piperazine rings is 1. The van der Waals surface area contributed by atoms with Gasteiger partial charge in [0.1, 0.15) is 0 Å². The topological polar surface area (TPSA) is 72.2 Å². The van der Waals surface area contributed by atoms with E-state index in [1.165, 1.54) is 0 Å². The van der Waals surface area contributed by atoms with E-state index in [4.69, 9.17) is 0 Å². The van der Waals surface area contributed by atoms with Crippen molar-refractivity contribution in [2.24, 2.45) is 0 Å². The maximum atomic E-state index is 13.3. The fourth-order valence-electron chi connectivity index (χ4n) is 4.30. The van der Waals surface area contributed by atoms with E-state index in [-0.39, 0.29) is 6.04 Å². The van der Waals surface area contributed by atoms with E-state index in [9.17, 15) is 9.59 Å². The summed E-state index contributed by atoms with van der Waals surface area (Å²) < 4.78 is 0. The second-order valence-electron chi connectivity index (χ2n) is 7.64. The van der Waals surface area contributed by atoms with Crippen molar-refractivity contribution >= 4 is 33.5 Å². The van der Waals surface area contributed by atoms with Gasteiger partial charge < -0.3 is 19.8 Å². The third kappa shape index (κ3) is 2.93. The molecule has 146 valence electrons. The number of nitrogens with one attached hydrogen (secondary N) is 2. The van der Waals surface area contributed by atoms with E-state index >= 15 is 0 Å². The van der Waals surface area contributed by atoms with Crippen LogP contribution in [-0.2, 0) is 4.79 Å². The lowest BCUT2D eigenvalue weighted by Crippen LogP contribution is -2.51. The summed E-state index contributed by atoms with van der Waals surface area (Å²) in [5.41, 5.74) is 3.37. The largest absolute Gasteiger partial charge is 0.361 e. The summed E-state index contributed by atoms with van der Waals surface area (Å²) in [5.74, 6) is -0.907. The van der Waals surface area contributed by atoms with Crippen molar-refractivity contribution in [1.82, 2.24) is 19.8 Å². The van der Waals surface area contributed by atoms with Gasteiger partial charge in [0.25, 0.3) is 11.7 Å². The van der Waals surface area contributed by atoms with Crippen molar-refractivity contribution in [3.8, 4) is 0 Å². The van der Waals surface area contributed by atoms with Gasteiger partial charge in [0.05, 0.1) is 11.6 Å². The molecule has 1 aliphatic heterocycles. The maximum Gasteiger partial charge on any atom is 0.295 e. The lowest BCUT2D eigenvalue weighted by molar-refractivity contribution is -0.131. The van der Waals surface area contributed by atoms with Crippen molar-refractivity contribution in [3.05, 3.63) is 72.1 Å². The van der Waals surface area contributed by atoms with Crippen molar-refractivity contribution in [2.45, 2.75) is 6.04 Å². The highest BCUT2D eigenvalue weighted by atomic mass is 16.2. The predicted molar refractivity (Wildman–Crippen MR) is 113 cm³/mol. The van der Waals surface area contributed by atoms with Crippen LogP contribution in [0.5, 0.6) is 0 Å². The first-order chi connectivity index (χ1) is 14.1. The summed E-state index contributed by atoms with van der Waals surface area (Å²) in [5, 5.41) is 1.87. The molecule has 5 rings (SSSR count). The number of carbonyl (C=O) groups is 2. The summed E-state index contributed by atoms with van der Waals surface area (Å²) in [6, 6.07) is 15.4. The maximum absolute atomic E-state index is 13.3. The number of aromatic amines is 2. The van der Waals surface area contributed by atoms with Gasteiger partial charge in [0, 0.05) is 59.4 Å². The van der Waals surface area contributed by atoms with Crippen LogP contribution in [0.25, 0.3) is 21.8 Å². The predicted octanol–water partition coefficient (Wildman–Crippen LogP) is 3.35. The standard InChI is InChI=1S/C23H22N4O2/c1-26-10-11-27(21(14-26)17-12-24-19-8-4-2-6-15(17)19)23(29)22(28)18-13-25-20-9-5-3-7-16(18)20/h2-9,12-13,21,24-25H,10-11,14H2,1H3. The van der Waals surface area contributed by atoms with Crippen LogP contribution in [0.3, 0.4) is 0 Å². The first-order valence-electron chi connectivity index (χ1n) is 9.79. The molecular weight excluding hydrogens is 364 g/mol. The number of H-pyrrole nitrogens is 2. The molecule has 0 spiro atoms. The molecule has 1 atom stereocenters. The molecule has 0 radical (unpaired) electrons. The van der Waals surface area contributed by atoms with Crippen LogP contribution in [0.2, 0.25) is 0 Å². The van der Waals surface area contributed by atoms with E-state index in [2.05, 4.69) is 20.9 Å².